The Morgan fingerprint density at radius 3 is 2.87 bits per heavy atom. The molecule has 2 N–H and O–H groups in total. The Kier molecular flexibility index (Phi) is 3.76. The van der Waals surface area contributed by atoms with Crippen LogP contribution in [0, 0.1) is 0 Å². The van der Waals surface area contributed by atoms with Gasteiger partial charge in [0.2, 0.25) is 0 Å². The average molecular weight is 348 g/mol. The van der Waals surface area contributed by atoms with Crippen molar-refractivity contribution in [2.75, 3.05) is 0 Å². The molecule has 0 amide bonds. The number of carbonyl (C=O) groups is 1. The quantitative estimate of drug-likeness (QED) is 0.867. The number of carboxylic acids is 1. The fourth-order valence-electron chi connectivity index (χ4n) is 2.48. The number of nitrogens with one attached hydrogen (secondary N) is 1. The fraction of sp³-hybridized carbons (Fsp3) is 0.417. The third kappa shape index (κ3) is 3.01. The molecule has 0 spiro atoms. The van der Waals surface area contributed by atoms with Crippen molar-refractivity contribution in [1.82, 2.24) is 19.7 Å². The minimum atomic E-state index is -4.42. The molecule has 3 rings (SSSR count). The van der Waals surface area contributed by atoms with Gasteiger partial charge in [0.1, 0.15) is 16.7 Å². The third-order valence-electron chi connectivity index (χ3n) is 3.58. The Morgan fingerprint density at radius 1 is 1.52 bits per heavy atom. The van der Waals surface area contributed by atoms with E-state index in [1.54, 1.807) is 0 Å². The van der Waals surface area contributed by atoms with Crippen LogP contribution in [0.25, 0.3) is 0 Å². The van der Waals surface area contributed by atoms with Gasteiger partial charge in [-0.1, -0.05) is 0 Å². The van der Waals surface area contributed by atoms with Crippen LogP contribution in [0.5, 0.6) is 0 Å². The molecule has 0 aliphatic carbocycles. The van der Waals surface area contributed by atoms with Crippen LogP contribution < -0.4 is 5.69 Å². The number of alkyl halides is 3. The highest BCUT2D eigenvalue weighted by Gasteiger charge is 2.35. The average Bonchev–Trinajstić information content (AvgIpc) is 3.05. The molecular formula is C12H11F3N4O3S. The van der Waals surface area contributed by atoms with Crippen molar-refractivity contribution in [2.45, 2.75) is 31.9 Å². The number of hydrogen-bond donors (Lipinski definition) is 2. The first kappa shape index (κ1) is 15.7. The number of aromatic nitrogens is 3. The van der Waals surface area contributed by atoms with Crippen LogP contribution in [0.1, 0.15) is 16.3 Å². The Balaban J connectivity index is 1.84. The molecule has 0 saturated carbocycles. The summed E-state index contributed by atoms with van der Waals surface area (Å²) in [5.74, 6) is -0.784. The predicted octanol–water partition coefficient (Wildman–Crippen LogP) is 1.12. The monoisotopic (exact) mass is 348 g/mol. The zero-order valence-corrected chi connectivity index (χ0v) is 12.3. The SMILES string of the molecule is O=C(O)C1Cn2c(n[nH]c2=O)CN1Cc1csc(C(F)(F)F)c1. The van der Waals surface area contributed by atoms with Crippen molar-refractivity contribution < 1.29 is 23.1 Å². The molecule has 1 unspecified atom stereocenters. The van der Waals surface area contributed by atoms with Crippen LogP contribution in [0.3, 0.4) is 0 Å². The van der Waals surface area contributed by atoms with Crippen molar-refractivity contribution in [3.63, 3.8) is 0 Å². The van der Waals surface area contributed by atoms with Gasteiger partial charge in [0.05, 0.1) is 13.1 Å². The molecule has 0 fully saturated rings. The minimum absolute atomic E-state index is 0.0323. The van der Waals surface area contributed by atoms with E-state index in [2.05, 4.69) is 10.2 Å². The molecule has 0 aromatic carbocycles. The van der Waals surface area contributed by atoms with E-state index >= 15 is 0 Å². The Labute approximate surface area is 131 Å². The normalized spacial score (nSPS) is 18.8. The van der Waals surface area contributed by atoms with Gasteiger partial charge in [-0.2, -0.15) is 18.3 Å². The van der Waals surface area contributed by atoms with E-state index in [1.807, 2.05) is 0 Å². The summed E-state index contributed by atoms with van der Waals surface area (Å²) < 4.78 is 39.1. The minimum Gasteiger partial charge on any atom is -0.480 e. The van der Waals surface area contributed by atoms with Crippen LogP contribution in [0.15, 0.2) is 16.2 Å². The van der Waals surface area contributed by atoms with E-state index in [4.69, 9.17) is 0 Å². The lowest BCUT2D eigenvalue weighted by molar-refractivity contribution is -0.145. The van der Waals surface area contributed by atoms with Crippen molar-refractivity contribution in [1.29, 1.82) is 0 Å². The van der Waals surface area contributed by atoms with Crippen LogP contribution in [-0.2, 0) is 30.6 Å². The maximum absolute atomic E-state index is 12.6. The van der Waals surface area contributed by atoms with Crippen molar-refractivity contribution in [3.8, 4) is 0 Å². The van der Waals surface area contributed by atoms with E-state index in [0.717, 1.165) is 6.07 Å². The molecule has 3 heterocycles. The zero-order valence-electron chi connectivity index (χ0n) is 11.5. The lowest BCUT2D eigenvalue weighted by atomic mass is 10.1. The summed E-state index contributed by atoms with van der Waals surface area (Å²) in [6.07, 6.45) is -4.42. The molecule has 0 saturated heterocycles. The molecule has 23 heavy (non-hydrogen) atoms. The number of H-pyrrole nitrogens is 1. The summed E-state index contributed by atoms with van der Waals surface area (Å²) in [7, 11) is 0. The molecule has 11 heteroatoms. The van der Waals surface area contributed by atoms with Gasteiger partial charge in [-0.3, -0.25) is 14.3 Å². The number of thiophene rings is 1. The Morgan fingerprint density at radius 2 is 2.26 bits per heavy atom. The molecule has 0 radical (unpaired) electrons. The Hall–Kier alpha value is -2.14. The number of halogens is 3. The second-order valence-corrected chi connectivity index (χ2v) is 6.04. The first-order valence-electron chi connectivity index (χ1n) is 6.51. The summed E-state index contributed by atoms with van der Waals surface area (Å²) in [5.41, 5.74) is -0.124. The summed E-state index contributed by atoms with van der Waals surface area (Å²) in [4.78, 5) is 23.7. The molecule has 0 bridgehead atoms. The molecule has 7 nitrogen and oxygen atoms in total. The van der Waals surface area contributed by atoms with E-state index < -0.39 is 28.8 Å². The van der Waals surface area contributed by atoms with Crippen LogP contribution >= 0.6 is 11.3 Å². The third-order valence-corrected chi connectivity index (χ3v) is 4.61. The molecule has 2 aromatic rings. The van der Waals surface area contributed by atoms with E-state index in [9.17, 15) is 27.9 Å². The largest absolute Gasteiger partial charge is 0.480 e. The van der Waals surface area contributed by atoms with Crippen molar-refractivity contribution >= 4 is 17.3 Å². The number of fused-ring (bicyclic) bond motifs is 1. The smallest absolute Gasteiger partial charge is 0.425 e. The van der Waals surface area contributed by atoms with Gasteiger partial charge in [-0.15, -0.1) is 11.3 Å². The van der Waals surface area contributed by atoms with Gasteiger partial charge in [-0.05, 0) is 17.0 Å². The first-order valence-corrected chi connectivity index (χ1v) is 7.39. The lowest BCUT2D eigenvalue weighted by Gasteiger charge is -2.32. The molecule has 2 aromatic heterocycles. The Bertz CT molecular complexity index is 794. The maximum atomic E-state index is 12.6. The molecule has 1 aliphatic rings. The van der Waals surface area contributed by atoms with E-state index in [1.165, 1.54) is 14.8 Å². The highest BCUT2D eigenvalue weighted by atomic mass is 32.1. The summed E-state index contributed by atoms with van der Waals surface area (Å²) in [6.45, 7) is -0.00618. The number of nitrogens with zero attached hydrogens (tertiary/aromatic N) is 3. The van der Waals surface area contributed by atoms with Gasteiger partial charge < -0.3 is 5.11 Å². The van der Waals surface area contributed by atoms with E-state index in [0.29, 0.717) is 22.7 Å². The molecule has 1 atom stereocenters. The second-order valence-electron chi connectivity index (χ2n) is 5.13. The van der Waals surface area contributed by atoms with Gasteiger partial charge >= 0.3 is 17.8 Å². The fourth-order valence-corrected chi connectivity index (χ4v) is 3.26. The highest BCUT2D eigenvalue weighted by molar-refractivity contribution is 7.10. The van der Waals surface area contributed by atoms with E-state index in [-0.39, 0.29) is 19.6 Å². The molecule has 124 valence electrons. The van der Waals surface area contributed by atoms with Crippen LogP contribution in [0.2, 0.25) is 0 Å². The predicted molar refractivity (Wildman–Crippen MR) is 72.8 cm³/mol. The number of rotatable bonds is 3. The lowest BCUT2D eigenvalue weighted by Crippen LogP contribution is -2.49. The van der Waals surface area contributed by atoms with Crippen LogP contribution in [0.4, 0.5) is 13.2 Å². The van der Waals surface area contributed by atoms with Gasteiger partial charge in [0.15, 0.2) is 0 Å². The van der Waals surface area contributed by atoms with Crippen molar-refractivity contribution in [3.05, 3.63) is 38.2 Å². The summed E-state index contributed by atoms with van der Waals surface area (Å²) in [5, 5.41) is 16.7. The summed E-state index contributed by atoms with van der Waals surface area (Å²) in [6, 6.07) is 0.00236. The maximum Gasteiger partial charge on any atom is 0.425 e. The zero-order chi connectivity index (χ0) is 16.8. The first-order chi connectivity index (χ1) is 10.8. The number of carboxylic acid groups (broad SMARTS) is 1. The number of aliphatic carboxylic acids is 1. The summed E-state index contributed by atoms with van der Waals surface area (Å²) >= 11 is 0.568. The van der Waals surface area contributed by atoms with Gasteiger partial charge in [-0.25, -0.2) is 9.89 Å². The topological polar surface area (TPSA) is 91.2 Å². The van der Waals surface area contributed by atoms with Crippen molar-refractivity contribution in [2.24, 2.45) is 0 Å². The number of hydrogen-bond acceptors (Lipinski definition) is 5. The standard InChI is InChI=1S/C12H11F3N4O3S/c13-12(14,15)8-1-6(5-23-8)2-18-4-9-16-17-11(22)19(9)3-7(18)10(20)21/h1,5,7H,2-4H2,(H,17,22)(H,20,21). The number of aromatic amines is 1. The highest BCUT2D eigenvalue weighted by Crippen LogP contribution is 2.34. The van der Waals surface area contributed by atoms with Gasteiger partial charge in [0.25, 0.3) is 0 Å². The van der Waals surface area contributed by atoms with Crippen LogP contribution in [-0.4, -0.2) is 36.8 Å². The molecular weight excluding hydrogens is 337 g/mol. The second kappa shape index (κ2) is 5.49. The van der Waals surface area contributed by atoms with Gasteiger partial charge in [0, 0.05) is 6.54 Å². The molecule has 1 aliphatic heterocycles.